The third kappa shape index (κ3) is 3.83. The lowest BCUT2D eigenvalue weighted by atomic mass is 10.1. The van der Waals surface area contributed by atoms with Gasteiger partial charge in [0.1, 0.15) is 5.75 Å². The Morgan fingerprint density at radius 2 is 1.88 bits per heavy atom. The quantitative estimate of drug-likeness (QED) is 0.773. The highest BCUT2D eigenvalue weighted by Crippen LogP contribution is 2.17. The van der Waals surface area contributed by atoms with E-state index in [4.69, 9.17) is 10.5 Å². The second-order valence-corrected chi connectivity index (χ2v) is 4.36. The molecule has 3 heteroatoms. The van der Waals surface area contributed by atoms with E-state index in [-0.39, 0.29) is 6.04 Å². The molecule has 0 aliphatic carbocycles. The molecule has 0 amide bonds. The molecule has 90 valence electrons. The Morgan fingerprint density at radius 1 is 1.25 bits per heavy atom. The highest BCUT2D eigenvalue weighted by Gasteiger charge is 2.09. The number of nitrogens with one attached hydrogen (secondary N) is 1. The van der Waals surface area contributed by atoms with Crippen LogP contribution in [0.15, 0.2) is 24.3 Å². The molecule has 0 fully saturated rings. The van der Waals surface area contributed by atoms with Crippen LogP contribution in [0, 0.1) is 5.92 Å². The van der Waals surface area contributed by atoms with Crippen LogP contribution in [0.3, 0.4) is 0 Å². The third-order valence-corrected chi connectivity index (χ3v) is 2.53. The number of nitrogens with two attached hydrogens (primary N) is 1. The van der Waals surface area contributed by atoms with E-state index < -0.39 is 0 Å². The molecule has 0 bridgehead atoms. The van der Waals surface area contributed by atoms with Gasteiger partial charge in [-0.25, -0.2) is 0 Å². The Balaban J connectivity index is 2.63. The van der Waals surface area contributed by atoms with Gasteiger partial charge >= 0.3 is 0 Å². The van der Waals surface area contributed by atoms with Crippen molar-refractivity contribution in [2.24, 2.45) is 11.7 Å². The lowest BCUT2D eigenvalue weighted by Crippen LogP contribution is -2.30. The zero-order chi connectivity index (χ0) is 12.0. The SMILES string of the molecule is COc1ccc(C(CN)NCC(C)C)cc1. The standard InChI is InChI=1S/C13H22N2O/c1-10(2)9-15-13(8-14)11-4-6-12(16-3)7-5-11/h4-7,10,13,15H,8-9,14H2,1-3H3. The molecule has 0 aliphatic heterocycles. The minimum Gasteiger partial charge on any atom is -0.497 e. The minimum atomic E-state index is 0.230. The number of hydrogen-bond donors (Lipinski definition) is 2. The van der Waals surface area contributed by atoms with Crippen molar-refractivity contribution in [1.82, 2.24) is 5.32 Å². The van der Waals surface area contributed by atoms with Crippen molar-refractivity contribution in [3.63, 3.8) is 0 Å². The molecular weight excluding hydrogens is 200 g/mol. The first kappa shape index (κ1) is 13.0. The van der Waals surface area contributed by atoms with Crippen LogP contribution in [-0.2, 0) is 0 Å². The van der Waals surface area contributed by atoms with Gasteiger partial charge in [0.05, 0.1) is 7.11 Å². The molecule has 1 aromatic carbocycles. The number of methoxy groups -OCH3 is 1. The largest absolute Gasteiger partial charge is 0.497 e. The van der Waals surface area contributed by atoms with Gasteiger partial charge in [-0.2, -0.15) is 0 Å². The minimum absolute atomic E-state index is 0.230. The van der Waals surface area contributed by atoms with E-state index >= 15 is 0 Å². The first-order chi connectivity index (χ1) is 7.67. The van der Waals surface area contributed by atoms with E-state index in [0.29, 0.717) is 12.5 Å². The maximum atomic E-state index is 5.77. The average Bonchev–Trinajstić information content (AvgIpc) is 2.30. The molecule has 0 heterocycles. The van der Waals surface area contributed by atoms with Crippen LogP contribution in [-0.4, -0.2) is 20.2 Å². The Morgan fingerprint density at radius 3 is 2.31 bits per heavy atom. The topological polar surface area (TPSA) is 47.3 Å². The Hall–Kier alpha value is -1.06. The molecular formula is C13H22N2O. The van der Waals surface area contributed by atoms with Gasteiger partial charge in [0.25, 0.3) is 0 Å². The highest BCUT2D eigenvalue weighted by molar-refractivity contribution is 5.29. The van der Waals surface area contributed by atoms with E-state index in [1.54, 1.807) is 7.11 Å². The van der Waals surface area contributed by atoms with Gasteiger partial charge < -0.3 is 15.8 Å². The molecule has 1 atom stereocenters. The molecule has 1 aromatic rings. The number of ether oxygens (including phenoxy) is 1. The van der Waals surface area contributed by atoms with Crippen molar-refractivity contribution in [3.05, 3.63) is 29.8 Å². The van der Waals surface area contributed by atoms with Gasteiger partial charge in [0.2, 0.25) is 0 Å². The zero-order valence-electron chi connectivity index (χ0n) is 10.4. The maximum Gasteiger partial charge on any atom is 0.118 e. The summed E-state index contributed by atoms with van der Waals surface area (Å²) in [5.74, 6) is 1.51. The molecule has 3 N–H and O–H groups in total. The smallest absolute Gasteiger partial charge is 0.118 e. The summed E-state index contributed by atoms with van der Waals surface area (Å²) < 4.78 is 5.13. The van der Waals surface area contributed by atoms with Crippen LogP contribution in [0.25, 0.3) is 0 Å². The summed E-state index contributed by atoms with van der Waals surface area (Å²) in [7, 11) is 1.67. The zero-order valence-corrected chi connectivity index (χ0v) is 10.4. The number of hydrogen-bond acceptors (Lipinski definition) is 3. The van der Waals surface area contributed by atoms with Crippen LogP contribution in [0.4, 0.5) is 0 Å². The van der Waals surface area contributed by atoms with Gasteiger partial charge in [-0.05, 0) is 30.2 Å². The lowest BCUT2D eigenvalue weighted by molar-refractivity contribution is 0.414. The molecule has 0 aromatic heterocycles. The van der Waals surface area contributed by atoms with E-state index in [0.717, 1.165) is 12.3 Å². The average molecular weight is 222 g/mol. The van der Waals surface area contributed by atoms with Crippen LogP contribution < -0.4 is 15.8 Å². The van der Waals surface area contributed by atoms with Crippen LogP contribution in [0.1, 0.15) is 25.5 Å². The van der Waals surface area contributed by atoms with Gasteiger partial charge in [-0.15, -0.1) is 0 Å². The van der Waals surface area contributed by atoms with E-state index in [9.17, 15) is 0 Å². The molecule has 3 nitrogen and oxygen atoms in total. The fourth-order valence-electron chi connectivity index (χ4n) is 1.55. The van der Waals surface area contributed by atoms with Crippen molar-refractivity contribution < 1.29 is 4.74 Å². The van der Waals surface area contributed by atoms with E-state index in [2.05, 4.69) is 31.3 Å². The number of rotatable bonds is 6. The number of benzene rings is 1. The predicted octanol–water partition coefficient (Wildman–Crippen LogP) is 1.94. The molecule has 1 rings (SSSR count). The van der Waals surface area contributed by atoms with Crippen LogP contribution >= 0.6 is 0 Å². The first-order valence-corrected chi connectivity index (χ1v) is 5.74. The van der Waals surface area contributed by atoms with Crippen molar-refractivity contribution in [2.75, 3.05) is 20.2 Å². The van der Waals surface area contributed by atoms with Gasteiger partial charge in [0, 0.05) is 12.6 Å². The first-order valence-electron chi connectivity index (χ1n) is 5.74. The summed E-state index contributed by atoms with van der Waals surface area (Å²) in [5.41, 5.74) is 6.98. The van der Waals surface area contributed by atoms with Gasteiger partial charge in [0.15, 0.2) is 0 Å². The monoisotopic (exact) mass is 222 g/mol. The molecule has 0 saturated heterocycles. The molecule has 0 spiro atoms. The molecule has 1 unspecified atom stereocenters. The summed E-state index contributed by atoms with van der Waals surface area (Å²) in [5, 5.41) is 3.46. The third-order valence-electron chi connectivity index (χ3n) is 2.53. The van der Waals surface area contributed by atoms with Crippen LogP contribution in [0.2, 0.25) is 0 Å². The van der Waals surface area contributed by atoms with Crippen molar-refractivity contribution in [3.8, 4) is 5.75 Å². The second kappa shape index (κ2) is 6.51. The summed E-state index contributed by atoms with van der Waals surface area (Å²) in [4.78, 5) is 0. The van der Waals surface area contributed by atoms with Gasteiger partial charge in [-0.1, -0.05) is 26.0 Å². The van der Waals surface area contributed by atoms with Crippen LogP contribution in [0.5, 0.6) is 5.75 Å². The fourth-order valence-corrected chi connectivity index (χ4v) is 1.55. The van der Waals surface area contributed by atoms with Crippen molar-refractivity contribution in [1.29, 1.82) is 0 Å². The van der Waals surface area contributed by atoms with Crippen molar-refractivity contribution in [2.45, 2.75) is 19.9 Å². The second-order valence-electron chi connectivity index (χ2n) is 4.36. The predicted molar refractivity (Wildman–Crippen MR) is 67.6 cm³/mol. The molecule has 0 aliphatic rings. The maximum absolute atomic E-state index is 5.77. The van der Waals surface area contributed by atoms with E-state index in [1.165, 1.54) is 5.56 Å². The molecule has 0 saturated carbocycles. The van der Waals surface area contributed by atoms with E-state index in [1.807, 2.05) is 12.1 Å². The molecule has 0 radical (unpaired) electrons. The summed E-state index contributed by atoms with van der Waals surface area (Å²) in [6.45, 7) is 5.97. The lowest BCUT2D eigenvalue weighted by Gasteiger charge is -2.19. The Kier molecular flexibility index (Phi) is 5.29. The Labute approximate surface area is 98.0 Å². The Bertz CT molecular complexity index is 295. The summed E-state index contributed by atoms with van der Waals surface area (Å²) in [6.07, 6.45) is 0. The molecule has 16 heavy (non-hydrogen) atoms. The fraction of sp³-hybridized carbons (Fsp3) is 0.538. The van der Waals surface area contributed by atoms with Crippen molar-refractivity contribution >= 4 is 0 Å². The van der Waals surface area contributed by atoms with Gasteiger partial charge in [-0.3, -0.25) is 0 Å². The normalized spacial score (nSPS) is 12.8. The highest BCUT2D eigenvalue weighted by atomic mass is 16.5. The summed E-state index contributed by atoms with van der Waals surface area (Å²) >= 11 is 0. The summed E-state index contributed by atoms with van der Waals surface area (Å²) in [6, 6.07) is 8.28.